The second-order valence-electron chi connectivity index (χ2n) is 5.52. The lowest BCUT2D eigenvalue weighted by atomic mass is 9.94. The average Bonchev–Trinajstić information content (AvgIpc) is 2.65. The molecule has 0 aromatic carbocycles. The summed E-state index contributed by atoms with van der Waals surface area (Å²) in [6, 6.07) is 0. The Balaban J connectivity index is 2.04. The Morgan fingerprint density at radius 3 is 2.95 bits per heavy atom. The fourth-order valence-electron chi connectivity index (χ4n) is 3.11. The molecule has 1 aliphatic rings. The van der Waals surface area contributed by atoms with E-state index in [1.165, 1.54) is 24.9 Å². The summed E-state index contributed by atoms with van der Waals surface area (Å²) in [5.74, 6) is 1.64. The molecule has 5 nitrogen and oxygen atoms in total. The van der Waals surface area contributed by atoms with Gasteiger partial charge in [0.1, 0.15) is 0 Å². The van der Waals surface area contributed by atoms with E-state index in [4.69, 9.17) is 10.5 Å². The van der Waals surface area contributed by atoms with Crippen LogP contribution < -0.4 is 10.5 Å². The maximum absolute atomic E-state index is 5.68. The van der Waals surface area contributed by atoms with Crippen molar-refractivity contribution in [2.45, 2.75) is 32.7 Å². The monoisotopic (exact) mass is 266 g/mol. The number of piperidine rings is 1. The molecule has 5 heteroatoms. The molecule has 1 saturated heterocycles. The van der Waals surface area contributed by atoms with Crippen LogP contribution in [-0.4, -0.2) is 41.4 Å². The lowest BCUT2D eigenvalue weighted by molar-refractivity contribution is 0.161. The Kier molecular flexibility index (Phi) is 4.82. The molecule has 1 aromatic rings. The van der Waals surface area contributed by atoms with Crippen LogP contribution in [0.1, 0.15) is 30.5 Å². The number of methoxy groups -OCH3 is 1. The highest BCUT2D eigenvalue weighted by Gasteiger charge is 2.22. The first-order valence-corrected chi connectivity index (χ1v) is 7.14. The van der Waals surface area contributed by atoms with Crippen molar-refractivity contribution in [1.82, 2.24) is 14.7 Å². The van der Waals surface area contributed by atoms with Crippen molar-refractivity contribution in [3.05, 3.63) is 11.3 Å². The van der Waals surface area contributed by atoms with Crippen LogP contribution in [-0.2, 0) is 13.6 Å². The summed E-state index contributed by atoms with van der Waals surface area (Å²) < 4.78 is 7.29. The maximum Gasteiger partial charge on any atom is 0.216 e. The number of hydrogen-bond acceptors (Lipinski definition) is 4. The Hall–Kier alpha value is -1.07. The van der Waals surface area contributed by atoms with E-state index in [-0.39, 0.29) is 0 Å². The van der Waals surface area contributed by atoms with Gasteiger partial charge in [0.15, 0.2) is 0 Å². The first-order valence-electron chi connectivity index (χ1n) is 7.14. The number of nitrogens with two attached hydrogens (primary N) is 1. The quantitative estimate of drug-likeness (QED) is 0.873. The Labute approximate surface area is 115 Å². The van der Waals surface area contributed by atoms with Gasteiger partial charge >= 0.3 is 0 Å². The molecule has 1 unspecified atom stereocenters. The predicted octanol–water partition coefficient (Wildman–Crippen LogP) is 1.30. The highest BCUT2D eigenvalue weighted by molar-refractivity contribution is 5.30. The van der Waals surface area contributed by atoms with Gasteiger partial charge in [0.05, 0.1) is 18.4 Å². The Morgan fingerprint density at radius 1 is 1.47 bits per heavy atom. The van der Waals surface area contributed by atoms with Crippen molar-refractivity contribution < 1.29 is 4.74 Å². The van der Waals surface area contributed by atoms with Gasteiger partial charge in [-0.25, -0.2) is 4.68 Å². The van der Waals surface area contributed by atoms with Crippen molar-refractivity contribution in [3.8, 4) is 5.88 Å². The number of nitrogens with zero attached hydrogens (tertiary/aromatic N) is 3. The SMILES string of the molecule is COc1c(CN2CCCC(CCN)C2)c(C)nn1C. The van der Waals surface area contributed by atoms with E-state index in [1.54, 1.807) is 7.11 Å². The zero-order valence-electron chi connectivity index (χ0n) is 12.4. The second kappa shape index (κ2) is 6.39. The molecule has 0 bridgehead atoms. The van der Waals surface area contributed by atoms with Crippen LogP contribution in [0, 0.1) is 12.8 Å². The molecular weight excluding hydrogens is 240 g/mol. The number of aryl methyl sites for hydroxylation is 2. The van der Waals surface area contributed by atoms with E-state index < -0.39 is 0 Å². The summed E-state index contributed by atoms with van der Waals surface area (Å²) in [6.45, 7) is 6.10. The van der Waals surface area contributed by atoms with Crippen molar-refractivity contribution >= 4 is 0 Å². The van der Waals surface area contributed by atoms with E-state index >= 15 is 0 Å². The third-order valence-corrected chi connectivity index (χ3v) is 4.04. The summed E-state index contributed by atoms with van der Waals surface area (Å²) in [5.41, 5.74) is 7.97. The van der Waals surface area contributed by atoms with E-state index in [1.807, 2.05) is 11.7 Å². The number of hydrogen-bond donors (Lipinski definition) is 1. The van der Waals surface area contributed by atoms with Crippen LogP contribution in [0.2, 0.25) is 0 Å². The van der Waals surface area contributed by atoms with Gasteiger partial charge in [-0.2, -0.15) is 5.10 Å². The molecule has 0 aliphatic carbocycles. The van der Waals surface area contributed by atoms with Gasteiger partial charge in [-0.1, -0.05) is 0 Å². The smallest absolute Gasteiger partial charge is 0.216 e. The summed E-state index contributed by atoms with van der Waals surface area (Å²) in [4.78, 5) is 2.51. The van der Waals surface area contributed by atoms with E-state index in [9.17, 15) is 0 Å². The normalized spacial score (nSPS) is 20.7. The molecule has 1 atom stereocenters. The van der Waals surface area contributed by atoms with Crippen LogP contribution in [0.4, 0.5) is 0 Å². The zero-order chi connectivity index (χ0) is 13.8. The molecule has 2 N–H and O–H groups in total. The highest BCUT2D eigenvalue weighted by Crippen LogP contribution is 2.26. The summed E-state index contributed by atoms with van der Waals surface area (Å²) >= 11 is 0. The van der Waals surface area contributed by atoms with Crippen LogP contribution >= 0.6 is 0 Å². The molecule has 0 spiro atoms. The first-order chi connectivity index (χ1) is 9.15. The summed E-state index contributed by atoms with van der Waals surface area (Å²) in [5, 5.41) is 4.45. The van der Waals surface area contributed by atoms with Crippen LogP contribution in [0.25, 0.3) is 0 Å². The maximum atomic E-state index is 5.68. The minimum atomic E-state index is 0.752. The molecule has 1 aliphatic heterocycles. The van der Waals surface area contributed by atoms with Crippen molar-refractivity contribution in [1.29, 1.82) is 0 Å². The fraction of sp³-hybridized carbons (Fsp3) is 0.786. The van der Waals surface area contributed by atoms with Crippen molar-refractivity contribution in [2.24, 2.45) is 18.7 Å². The molecule has 2 rings (SSSR count). The Bertz CT molecular complexity index is 414. The fourth-order valence-corrected chi connectivity index (χ4v) is 3.11. The molecule has 1 fully saturated rings. The van der Waals surface area contributed by atoms with Gasteiger partial charge in [-0.3, -0.25) is 4.90 Å². The lowest BCUT2D eigenvalue weighted by Gasteiger charge is -2.32. The minimum absolute atomic E-state index is 0.752. The first kappa shape index (κ1) is 14.3. The van der Waals surface area contributed by atoms with Gasteiger partial charge < -0.3 is 10.5 Å². The average molecular weight is 266 g/mol. The lowest BCUT2D eigenvalue weighted by Crippen LogP contribution is -2.35. The van der Waals surface area contributed by atoms with E-state index in [0.29, 0.717) is 0 Å². The van der Waals surface area contributed by atoms with Gasteiger partial charge in [0.2, 0.25) is 5.88 Å². The standard InChI is InChI=1S/C14H26N4O/c1-11-13(14(19-3)17(2)16-11)10-18-8-4-5-12(9-18)6-7-15/h12H,4-10,15H2,1-3H3. The number of rotatable bonds is 5. The molecule has 0 radical (unpaired) electrons. The predicted molar refractivity (Wildman–Crippen MR) is 76.2 cm³/mol. The van der Waals surface area contributed by atoms with Crippen molar-refractivity contribution in [2.75, 3.05) is 26.7 Å². The third-order valence-electron chi connectivity index (χ3n) is 4.04. The summed E-state index contributed by atoms with van der Waals surface area (Å²) in [6.07, 6.45) is 3.73. The molecule has 19 heavy (non-hydrogen) atoms. The molecule has 2 heterocycles. The van der Waals surface area contributed by atoms with Gasteiger partial charge in [0, 0.05) is 20.1 Å². The van der Waals surface area contributed by atoms with Gasteiger partial charge in [-0.15, -0.1) is 0 Å². The minimum Gasteiger partial charge on any atom is -0.481 e. The second-order valence-corrected chi connectivity index (χ2v) is 5.52. The highest BCUT2D eigenvalue weighted by atomic mass is 16.5. The van der Waals surface area contributed by atoms with Crippen molar-refractivity contribution in [3.63, 3.8) is 0 Å². The summed E-state index contributed by atoms with van der Waals surface area (Å²) in [7, 11) is 3.65. The number of ether oxygens (including phenoxy) is 1. The Morgan fingerprint density at radius 2 is 2.26 bits per heavy atom. The van der Waals surface area contributed by atoms with E-state index in [2.05, 4.69) is 16.9 Å². The molecule has 0 saturated carbocycles. The number of aromatic nitrogens is 2. The zero-order valence-corrected chi connectivity index (χ0v) is 12.4. The largest absolute Gasteiger partial charge is 0.481 e. The van der Waals surface area contributed by atoms with Gasteiger partial charge in [0.25, 0.3) is 0 Å². The molecule has 1 aromatic heterocycles. The molecular formula is C14H26N4O. The van der Waals surface area contributed by atoms with Crippen LogP contribution in [0.5, 0.6) is 5.88 Å². The molecule has 0 amide bonds. The van der Waals surface area contributed by atoms with Crippen LogP contribution in [0.3, 0.4) is 0 Å². The van der Waals surface area contributed by atoms with E-state index in [0.717, 1.165) is 43.5 Å². The topological polar surface area (TPSA) is 56.3 Å². The van der Waals surface area contributed by atoms with Crippen LogP contribution in [0.15, 0.2) is 0 Å². The molecule has 108 valence electrons. The third kappa shape index (κ3) is 3.28. The number of likely N-dealkylation sites (tertiary alicyclic amines) is 1. The van der Waals surface area contributed by atoms with Gasteiger partial charge in [-0.05, 0) is 45.2 Å².